The number of carbonyl (C=O) groups excluding carboxylic acids is 1. The Hall–Kier alpha value is -2.09. The highest BCUT2D eigenvalue weighted by atomic mass is 16.5. The maximum atomic E-state index is 11.8. The van der Waals surface area contributed by atoms with Gasteiger partial charge in [0.25, 0.3) is 0 Å². The van der Waals surface area contributed by atoms with Crippen molar-refractivity contribution in [2.45, 2.75) is 64.7 Å². The van der Waals surface area contributed by atoms with Crippen LogP contribution in [0.1, 0.15) is 75.8 Å². The zero-order valence-corrected chi connectivity index (χ0v) is 16.7. The first-order valence-corrected chi connectivity index (χ1v) is 10.6. The third-order valence-electron chi connectivity index (χ3n) is 5.91. The maximum Gasteiger partial charge on any atom is 0.305 e. The van der Waals surface area contributed by atoms with E-state index < -0.39 is 0 Å². The Balaban J connectivity index is 0.000000299. The van der Waals surface area contributed by atoms with Gasteiger partial charge in [-0.3, -0.25) is 4.79 Å². The van der Waals surface area contributed by atoms with E-state index in [-0.39, 0.29) is 11.9 Å². The number of rotatable bonds is 6. The van der Waals surface area contributed by atoms with E-state index in [0.29, 0.717) is 13.0 Å². The van der Waals surface area contributed by atoms with Gasteiger partial charge in [0.15, 0.2) is 0 Å². The molecule has 2 aromatic rings. The van der Waals surface area contributed by atoms with Crippen LogP contribution >= 0.6 is 0 Å². The van der Waals surface area contributed by atoms with E-state index in [1.54, 1.807) is 0 Å². The zero-order valence-electron chi connectivity index (χ0n) is 16.7. The molecule has 1 fully saturated rings. The fraction of sp³-hybridized carbons (Fsp3) is 0.480. The van der Waals surface area contributed by atoms with E-state index >= 15 is 0 Å². The van der Waals surface area contributed by atoms with Crippen LogP contribution in [0.2, 0.25) is 0 Å². The molecule has 0 unspecified atom stereocenters. The highest BCUT2D eigenvalue weighted by Crippen LogP contribution is 2.44. The van der Waals surface area contributed by atoms with Gasteiger partial charge in [-0.15, -0.1) is 0 Å². The van der Waals surface area contributed by atoms with Crippen LogP contribution in [0.25, 0.3) is 11.1 Å². The van der Waals surface area contributed by atoms with Crippen molar-refractivity contribution >= 4 is 5.97 Å². The summed E-state index contributed by atoms with van der Waals surface area (Å²) in [6.45, 7) is 4.80. The molecule has 144 valence electrons. The van der Waals surface area contributed by atoms with Crippen molar-refractivity contribution in [1.82, 2.24) is 0 Å². The van der Waals surface area contributed by atoms with Gasteiger partial charge in [0.2, 0.25) is 0 Å². The third-order valence-corrected chi connectivity index (χ3v) is 5.91. The SMILES string of the molecule is CCC1CCC1.CCCCC(=O)OCC1c2ccccc2-c2ccccc21. The average molecular weight is 365 g/mol. The number of unbranched alkanes of at least 4 members (excludes halogenated alkanes) is 1. The molecule has 0 amide bonds. The van der Waals surface area contributed by atoms with Crippen molar-refractivity contribution < 1.29 is 9.53 Å². The molecular formula is C25H32O2. The van der Waals surface area contributed by atoms with Crippen molar-refractivity contribution in [3.05, 3.63) is 59.7 Å². The van der Waals surface area contributed by atoms with Crippen LogP contribution in [0.4, 0.5) is 0 Å². The molecule has 27 heavy (non-hydrogen) atoms. The monoisotopic (exact) mass is 364 g/mol. The predicted octanol–water partition coefficient (Wildman–Crippen LogP) is 6.73. The number of carbonyl (C=O) groups is 1. The van der Waals surface area contributed by atoms with E-state index in [9.17, 15) is 4.79 Å². The lowest BCUT2D eigenvalue weighted by atomic mass is 9.84. The summed E-state index contributed by atoms with van der Waals surface area (Å²) in [6, 6.07) is 16.8. The van der Waals surface area contributed by atoms with Crippen LogP contribution in [-0.2, 0) is 9.53 Å². The van der Waals surface area contributed by atoms with Gasteiger partial charge in [-0.25, -0.2) is 0 Å². The van der Waals surface area contributed by atoms with Crippen molar-refractivity contribution in [2.24, 2.45) is 5.92 Å². The molecule has 4 rings (SSSR count). The molecule has 2 nitrogen and oxygen atoms in total. The van der Waals surface area contributed by atoms with Crippen LogP contribution in [0, 0.1) is 5.92 Å². The van der Waals surface area contributed by atoms with Gasteiger partial charge in [0.05, 0.1) is 0 Å². The van der Waals surface area contributed by atoms with Crippen LogP contribution < -0.4 is 0 Å². The molecule has 2 aromatic carbocycles. The number of benzene rings is 2. The van der Waals surface area contributed by atoms with Crippen molar-refractivity contribution in [2.75, 3.05) is 6.61 Å². The largest absolute Gasteiger partial charge is 0.465 e. The Labute approximate surface area is 164 Å². The van der Waals surface area contributed by atoms with Crippen molar-refractivity contribution in [3.63, 3.8) is 0 Å². The summed E-state index contributed by atoms with van der Waals surface area (Å²) in [7, 11) is 0. The Morgan fingerprint density at radius 1 is 0.963 bits per heavy atom. The molecule has 0 bridgehead atoms. The summed E-state index contributed by atoms with van der Waals surface area (Å²) in [5.41, 5.74) is 5.06. The lowest BCUT2D eigenvalue weighted by Gasteiger charge is -2.22. The summed E-state index contributed by atoms with van der Waals surface area (Å²) in [5, 5.41) is 0. The van der Waals surface area contributed by atoms with Crippen LogP contribution in [0.3, 0.4) is 0 Å². The van der Waals surface area contributed by atoms with E-state index in [1.807, 2.05) is 0 Å². The Morgan fingerprint density at radius 2 is 1.56 bits per heavy atom. The zero-order chi connectivity index (χ0) is 19.1. The molecule has 0 saturated heterocycles. The molecule has 0 N–H and O–H groups in total. The topological polar surface area (TPSA) is 26.3 Å². The molecule has 0 spiro atoms. The second kappa shape index (κ2) is 9.73. The molecule has 2 heteroatoms. The molecule has 0 aromatic heterocycles. The minimum Gasteiger partial charge on any atom is -0.465 e. The molecule has 1 saturated carbocycles. The molecule has 0 atom stereocenters. The Kier molecular flexibility index (Phi) is 7.09. The van der Waals surface area contributed by atoms with E-state index in [2.05, 4.69) is 62.4 Å². The predicted molar refractivity (Wildman–Crippen MR) is 112 cm³/mol. The molecular weight excluding hydrogens is 332 g/mol. The van der Waals surface area contributed by atoms with Gasteiger partial charge in [0, 0.05) is 12.3 Å². The summed E-state index contributed by atoms with van der Waals surface area (Å²) in [6.07, 6.45) is 8.37. The molecule has 2 aliphatic carbocycles. The lowest BCUT2D eigenvalue weighted by Crippen LogP contribution is -2.12. The van der Waals surface area contributed by atoms with E-state index in [4.69, 9.17) is 4.74 Å². The Morgan fingerprint density at radius 3 is 2.00 bits per heavy atom. The van der Waals surface area contributed by atoms with Gasteiger partial charge in [-0.05, 0) is 34.6 Å². The van der Waals surface area contributed by atoms with E-state index in [0.717, 1.165) is 18.8 Å². The number of fused-ring (bicyclic) bond motifs is 3. The minimum atomic E-state index is -0.0845. The Bertz CT molecular complexity index is 697. The minimum absolute atomic E-state index is 0.0845. The molecule has 0 aliphatic heterocycles. The smallest absolute Gasteiger partial charge is 0.305 e. The number of esters is 1. The summed E-state index contributed by atoms with van der Waals surface area (Å²) >= 11 is 0. The number of ether oxygens (including phenoxy) is 1. The molecule has 0 heterocycles. The molecule has 2 aliphatic rings. The number of hydrogen-bond donors (Lipinski definition) is 0. The summed E-state index contributed by atoms with van der Waals surface area (Å²) < 4.78 is 5.50. The first kappa shape index (κ1) is 19.7. The highest BCUT2D eigenvalue weighted by Gasteiger charge is 2.28. The van der Waals surface area contributed by atoms with Gasteiger partial charge >= 0.3 is 5.97 Å². The third kappa shape index (κ3) is 4.80. The van der Waals surface area contributed by atoms with Crippen molar-refractivity contribution in [3.8, 4) is 11.1 Å². The fourth-order valence-electron chi connectivity index (χ4n) is 3.91. The highest BCUT2D eigenvalue weighted by molar-refractivity contribution is 5.79. The first-order valence-electron chi connectivity index (χ1n) is 10.6. The fourth-order valence-corrected chi connectivity index (χ4v) is 3.91. The standard InChI is InChI=1S/C19H20O2.C6H12/c1-2-3-12-19(20)21-13-18-16-10-6-4-8-14(16)15-9-5-7-11-17(15)18;1-2-6-4-3-5-6/h4-11,18H,2-3,12-13H2,1H3;6H,2-5H2,1H3. The van der Waals surface area contributed by atoms with E-state index in [1.165, 1.54) is 47.9 Å². The lowest BCUT2D eigenvalue weighted by molar-refractivity contribution is -0.144. The second-order valence-corrected chi connectivity index (χ2v) is 7.72. The van der Waals surface area contributed by atoms with Gasteiger partial charge < -0.3 is 4.74 Å². The first-order chi connectivity index (χ1) is 13.2. The normalized spacial score (nSPS) is 15.2. The van der Waals surface area contributed by atoms with Gasteiger partial charge in [0.1, 0.15) is 6.61 Å². The molecule has 0 radical (unpaired) electrons. The quantitative estimate of drug-likeness (QED) is 0.531. The van der Waals surface area contributed by atoms with Crippen LogP contribution in [-0.4, -0.2) is 12.6 Å². The van der Waals surface area contributed by atoms with Gasteiger partial charge in [-0.1, -0.05) is 94.5 Å². The van der Waals surface area contributed by atoms with Crippen LogP contribution in [0.15, 0.2) is 48.5 Å². The van der Waals surface area contributed by atoms with Crippen LogP contribution in [0.5, 0.6) is 0 Å². The van der Waals surface area contributed by atoms with Crippen molar-refractivity contribution in [1.29, 1.82) is 0 Å². The maximum absolute atomic E-state index is 11.8. The second-order valence-electron chi connectivity index (χ2n) is 7.72. The average Bonchev–Trinajstić information content (AvgIpc) is 2.98. The van der Waals surface area contributed by atoms with Gasteiger partial charge in [-0.2, -0.15) is 0 Å². The summed E-state index contributed by atoms with van der Waals surface area (Å²) in [4.78, 5) is 11.8. The number of hydrogen-bond acceptors (Lipinski definition) is 2. The summed E-state index contributed by atoms with van der Waals surface area (Å²) in [5.74, 6) is 1.20.